The smallest absolute Gasteiger partial charge is 0.242 e. The lowest BCUT2D eigenvalue weighted by molar-refractivity contribution is -0.129. The van der Waals surface area contributed by atoms with E-state index in [1.165, 1.54) is 11.1 Å². The molecule has 0 radical (unpaired) electrons. The van der Waals surface area contributed by atoms with Crippen LogP contribution < -0.4 is 15.4 Å². The number of aromatic amines is 1. The van der Waals surface area contributed by atoms with Crippen molar-refractivity contribution in [3.8, 4) is 5.75 Å². The van der Waals surface area contributed by atoms with Gasteiger partial charge in [-0.15, -0.1) is 0 Å². The number of hydrogen-bond acceptors (Lipinski definition) is 4. The van der Waals surface area contributed by atoms with E-state index in [1.807, 2.05) is 25.1 Å². The predicted octanol–water partition coefficient (Wildman–Crippen LogP) is 4.97. The molecular weight excluding hydrogens is 490 g/mol. The van der Waals surface area contributed by atoms with Crippen molar-refractivity contribution in [1.29, 1.82) is 0 Å². The van der Waals surface area contributed by atoms with Gasteiger partial charge in [0.25, 0.3) is 0 Å². The zero-order chi connectivity index (χ0) is 27.8. The lowest BCUT2D eigenvalue weighted by atomic mass is 9.84. The number of methoxy groups -OCH3 is 1. The van der Waals surface area contributed by atoms with Crippen LogP contribution in [0, 0.1) is 12.8 Å². The van der Waals surface area contributed by atoms with Crippen molar-refractivity contribution in [2.24, 2.45) is 5.92 Å². The van der Waals surface area contributed by atoms with E-state index in [-0.39, 0.29) is 24.0 Å². The second-order valence-corrected chi connectivity index (χ2v) is 10.9. The summed E-state index contributed by atoms with van der Waals surface area (Å²) in [5, 5.41) is 7.10. The molecule has 0 fully saturated rings. The highest BCUT2D eigenvalue weighted by atomic mass is 16.5. The first-order valence-corrected chi connectivity index (χ1v) is 14.1. The van der Waals surface area contributed by atoms with E-state index in [0.29, 0.717) is 25.3 Å². The molecule has 1 aliphatic carbocycles. The molecule has 2 aromatic carbocycles. The fourth-order valence-electron chi connectivity index (χ4n) is 5.61. The quantitative estimate of drug-likeness (QED) is 0.271. The first-order valence-electron chi connectivity index (χ1n) is 14.1. The highest BCUT2D eigenvalue weighted by Gasteiger charge is 2.24. The minimum atomic E-state index is -0.606. The van der Waals surface area contributed by atoms with Gasteiger partial charge in [0.15, 0.2) is 0 Å². The van der Waals surface area contributed by atoms with Crippen molar-refractivity contribution in [3.63, 3.8) is 0 Å². The summed E-state index contributed by atoms with van der Waals surface area (Å²) in [4.78, 5) is 41.1. The number of amides is 2. The summed E-state index contributed by atoms with van der Waals surface area (Å²) in [7, 11) is 1.62. The van der Waals surface area contributed by atoms with Gasteiger partial charge in [0.05, 0.1) is 13.5 Å². The molecule has 1 aromatic heterocycles. The molecule has 1 aliphatic rings. The first kappa shape index (κ1) is 28.4. The predicted molar refractivity (Wildman–Crippen MR) is 154 cm³/mol. The van der Waals surface area contributed by atoms with Crippen LogP contribution in [-0.4, -0.2) is 42.3 Å². The number of H-pyrrole nitrogens is 1. The Kier molecular flexibility index (Phi) is 9.79. The largest absolute Gasteiger partial charge is 0.497 e. The molecule has 0 saturated carbocycles. The van der Waals surface area contributed by atoms with Gasteiger partial charge in [-0.25, -0.2) is 0 Å². The van der Waals surface area contributed by atoms with Crippen LogP contribution >= 0.6 is 0 Å². The number of ether oxygens (including phenoxy) is 1. The van der Waals surface area contributed by atoms with Crippen LogP contribution in [0.2, 0.25) is 0 Å². The molecule has 1 unspecified atom stereocenters. The molecule has 2 amide bonds. The maximum Gasteiger partial charge on any atom is 0.242 e. The van der Waals surface area contributed by atoms with E-state index < -0.39 is 6.04 Å². The summed E-state index contributed by atoms with van der Waals surface area (Å²) in [6, 6.07) is 13.7. The number of aryl methyl sites for hydroxylation is 2. The van der Waals surface area contributed by atoms with Crippen molar-refractivity contribution in [2.45, 2.75) is 77.7 Å². The van der Waals surface area contributed by atoms with E-state index in [2.05, 4.69) is 39.9 Å². The molecule has 0 saturated heterocycles. The molecule has 7 heteroatoms. The second-order valence-electron chi connectivity index (χ2n) is 10.9. The van der Waals surface area contributed by atoms with E-state index in [4.69, 9.17) is 4.74 Å². The Bertz CT molecular complexity index is 1310. The van der Waals surface area contributed by atoms with Crippen molar-refractivity contribution in [3.05, 3.63) is 64.8 Å². The second kappa shape index (κ2) is 13.5. The number of fused-ring (bicyclic) bond motifs is 2. The van der Waals surface area contributed by atoms with Crippen LogP contribution in [0.3, 0.4) is 0 Å². The third-order valence-corrected chi connectivity index (χ3v) is 7.85. The van der Waals surface area contributed by atoms with Crippen molar-refractivity contribution >= 4 is 28.5 Å². The Morgan fingerprint density at radius 3 is 2.64 bits per heavy atom. The van der Waals surface area contributed by atoms with Crippen LogP contribution in [-0.2, 0) is 33.6 Å². The first-order chi connectivity index (χ1) is 18.8. The van der Waals surface area contributed by atoms with Gasteiger partial charge < -0.3 is 25.1 Å². The standard InChI is InChI=1S/C32H41N3O4/c1-21(36)9-5-4-6-12-30(32(38)33-20-23-13-14-24-10-7-8-11-25(24)17-23)35-31(37)19-27-22(2)34-29-16-15-26(39-3)18-28(27)29/h7-8,10-11,15-16,18,23,30,34H,4-6,9,12-14,17,19-20H2,1-3H3,(H,33,38)(H,35,37)/t23?,30-/m0/s1. The van der Waals surface area contributed by atoms with Gasteiger partial charge in [0.1, 0.15) is 17.6 Å². The lowest BCUT2D eigenvalue weighted by Gasteiger charge is -2.26. The summed E-state index contributed by atoms with van der Waals surface area (Å²) in [6.45, 7) is 4.16. The zero-order valence-corrected chi connectivity index (χ0v) is 23.4. The monoisotopic (exact) mass is 531 g/mol. The number of Topliss-reactive ketones (excluding diaryl/α,β-unsaturated/α-hetero) is 1. The van der Waals surface area contributed by atoms with Gasteiger partial charge in [0.2, 0.25) is 11.8 Å². The fourth-order valence-corrected chi connectivity index (χ4v) is 5.61. The topological polar surface area (TPSA) is 100 Å². The molecule has 3 aromatic rings. The van der Waals surface area contributed by atoms with E-state index in [0.717, 1.165) is 66.4 Å². The minimum Gasteiger partial charge on any atom is -0.497 e. The molecule has 2 atom stereocenters. The number of benzene rings is 2. The van der Waals surface area contributed by atoms with E-state index in [9.17, 15) is 14.4 Å². The average molecular weight is 532 g/mol. The van der Waals surface area contributed by atoms with Crippen LogP contribution in [0.15, 0.2) is 42.5 Å². The number of nitrogens with one attached hydrogen (secondary N) is 3. The number of hydrogen-bond donors (Lipinski definition) is 3. The molecule has 208 valence electrons. The molecule has 0 aliphatic heterocycles. The summed E-state index contributed by atoms with van der Waals surface area (Å²) in [6.07, 6.45) is 6.72. The highest BCUT2D eigenvalue weighted by Crippen LogP contribution is 2.27. The van der Waals surface area contributed by atoms with Gasteiger partial charge in [-0.3, -0.25) is 9.59 Å². The van der Waals surface area contributed by atoms with Crippen molar-refractivity contribution in [2.75, 3.05) is 13.7 Å². The van der Waals surface area contributed by atoms with E-state index in [1.54, 1.807) is 14.0 Å². The van der Waals surface area contributed by atoms with Gasteiger partial charge >= 0.3 is 0 Å². The Balaban J connectivity index is 1.38. The van der Waals surface area contributed by atoms with Crippen molar-refractivity contribution in [1.82, 2.24) is 15.6 Å². The van der Waals surface area contributed by atoms with Crippen LogP contribution in [0.1, 0.15) is 67.8 Å². The van der Waals surface area contributed by atoms with Gasteiger partial charge in [0, 0.05) is 29.6 Å². The molecule has 4 rings (SSSR count). The zero-order valence-electron chi connectivity index (χ0n) is 23.4. The fraction of sp³-hybridized carbons (Fsp3) is 0.469. The minimum absolute atomic E-state index is 0.133. The Morgan fingerprint density at radius 1 is 1.08 bits per heavy atom. The normalized spacial score (nSPS) is 15.4. The summed E-state index contributed by atoms with van der Waals surface area (Å²) in [5.74, 6) is 0.983. The Hall–Kier alpha value is -3.61. The maximum absolute atomic E-state index is 13.3. The van der Waals surface area contributed by atoms with Crippen LogP contribution in [0.4, 0.5) is 0 Å². The molecular formula is C32H41N3O4. The molecule has 3 N–H and O–H groups in total. The van der Waals surface area contributed by atoms with Gasteiger partial charge in [-0.1, -0.05) is 37.1 Å². The third kappa shape index (κ3) is 7.71. The number of ketones is 1. The SMILES string of the molecule is COc1ccc2[nH]c(C)c(CC(=O)N[C@@H](CCCCCC(C)=O)C(=O)NCC3CCc4ccccc4C3)c2c1. The molecule has 0 spiro atoms. The summed E-state index contributed by atoms with van der Waals surface area (Å²) in [5.41, 5.74) is 5.55. The van der Waals surface area contributed by atoms with Crippen LogP contribution in [0.25, 0.3) is 10.9 Å². The highest BCUT2D eigenvalue weighted by molar-refractivity contribution is 5.93. The third-order valence-electron chi connectivity index (χ3n) is 7.85. The van der Waals surface area contributed by atoms with Gasteiger partial charge in [-0.05, 0) is 86.8 Å². The average Bonchev–Trinajstić information content (AvgIpc) is 3.24. The number of rotatable bonds is 13. The molecule has 7 nitrogen and oxygen atoms in total. The molecule has 39 heavy (non-hydrogen) atoms. The number of unbranched alkanes of at least 4 members (excludes halogenated alkanes) is 2. The van der Waals surface area contributed by atoms with Crippen LogP contribution in [0.5, 0.6) is 5.75 Å². The number of aromatic nitrogens is 1. The lowest BCUT2D eigenvalue weighted by Crippen LogP contribution is -2.48. The van der Waals surface area contributed by atoms with Gasteiger partial charge in [-0.2, -0.15) is 0 Å². The molecule has 1 heterocycles. The Morgan fingerprint density at radius 2 is 1.87 bits per heavy atom. The number of carbonyl (C=O) groups excluding carboxylic acids is 3. The van der Waals surface area contributed by atoms with Crippen molar-refractivity contribution < 1.29 is 19.1 Å². The summed E-state index contributed by atoms with van der Waals surface area (Å²) < 4.78 is 5.37. The molecule has 0 bridgehead atoms. The Labute approximate surface area is 231 Å². The van der Waals surface area contributed by atoms with E-state index >= 15 is 0 Å². The number of carbonyl (C=O) groups is 3. The summed E-state index contributed by atoms with van der Waals surface area (Å²) >= 11 is 0. The maximum atomic E-state index is 13.3.